The van der Waals surface area contributed by atoms with Crippen molar-refractivity contribution in [3.05, 3.63) is 11.6 Å². The molecule has 74 valence electrons. The number of carbonyl (C=O) groups is 1. The molecular formula is C10H16O3. The van der Waals surface area contributed by atoms with Gasteiger partial charge in [-0.1, -0.05) is 11.6 Å². The number of ether oxygens (including phenoxy) is 2. The van der Waals surface area contributed by atoms with Crippen molar-refractivity contribution < 1.29 is 14.3 Å². The fourth-order valence-electron chi connectivity index (χ4n) is 1.11. The Morgan fingerprint density at radius 1 is 1.54 bits per heavy atom. The van der Waals surface area contributed by atoms with Gasteiger partial charge < -0.3 is 9.47 Å². The van der Waals surface area contributed by atoms with E-state index in [9.17, 15) is 4.79 Å². The molecule has 1 rings (SSSR count). The van der Waals surface area contributed by atoms with Gasteiger partial charge in [-0.15, -0.1) is 0 Å². The summed E-state index contributed by atoms with van der Waals surface area (Å²) < 4.78 is 9.98. The Kier molecular flexibility index (Phi) is 3.48. The molecular weight excluding hydrogens is 168 g/mol. The van der Waals surface area contributed by atoms with E-state index in [4.69, 9.17) is 9.47 Å². The van der Waals surface area contributed by atoms with Crippen molar-refractivity contribution in [3.63, 3.8) is 0 Å². The van der Waals surface area contributed by atoms with Crippen molar-refractivity contribution in [1.29, 1.82) is 0 Å². The summed E-state index contributed by atoms with van der Waals surface area (Å²) in [5, 5.41) is 0. The monoisotopic (exact) mass is 184 g/mol. The Bertz CT molecular complexity index is 216. The zero-order chi connectivity index (χ0) is 9.84. The molecule has 1 heterocycles. The average molecular weight is 184 g/mol. The van der Waals surface area contributed by atoms with Gasteiger partial charge in [-0.2, -0.15) is 0 Å². The van der Waals surface area contributed by atoms with Crippen LogP contribution in [0.25, 0.3) is 0 Å². The highest BCUT2D eigenvalue weighted by atomic mass is 16.6. The number of epoxide rings is 1. The van der Waals surface area contributed by atoms with Crippen LogP contribution in [0.15, 0.2) is 11.6 Å². The quantitative estimate of drug-likeness (QED) is 0.379. The van der Waals surface area contributed by atoms with Crippen LogP contribution in [0.5, 0.6) is 0 Å². The zero-order valence-electron chi connectivity index (χ0n) is 8.37. The number of carbonyl (C=O) groups excluding carboxylic acids is 1. The number of allylic oxidation sites excluding steroid dienone is 1. The molecule has 2 atom stereocenters. The van der Waals surface area contributed by atoms with Gasteiger partial charge in [0, 0.05) is 0 Å². The van der Waals surface area contributed by atoms with E-state index in [2.05, 4.69) is 6.08 Å². The molecule has 0 saturated carbocycles. The molecule has 0 aliphatic carbocycles. The SMILES string of the molecule is CCOC(=O)C1OC1CC=C(C)C. The third kappa shape index (κ3) is 3.19. The van der Waals surface area contributed by atoms with Crippen molar-refractivity contribution in [1.82, 2.24) is 0 Å². The molecule has 0 aromatic carbocycles. The fourth-order valence-corrected chi connectivity index (χ4v) is 1.11. The number of rotatable bonds is 4. The highest BCUT2D eigenvalue weighted by Gasteiger charge is 2.45. The highest BCUT2D eigenvalue weighted by molar-refractivity contribution is 5.77. The maximum absolute atomic E-state index is 11.1. The summed E-state index contributed by atoms with van der Waals surface area (Å²) >= 11 is 0. The van der Waals surface area contributed by atoms with Crippen LogP contribution in [0.1, 0.15) is 27.2 Å². The minimum absolute atomic E-state index is 0.0500. The van der Waals surface area contributed by atoms with Gasteiger partial charge in [0.15, 0.2) is 6.10 Å². The third-order valence-corrected chi connectivity index (χ3v) is 1.86. The lowest BCUT2D eigenvalue weighted by Gasteiger charge is -1.95. The Labute approximate surface area is 78.7 Å². The van der Waals surface area contributed by atoms with E-state index in [0.29, 0.717) is 6.61 Å². The van der Waals surface area contributed by atoms with Crippen molar-refractivity contribution in [2.75, 3.05) is 6.61 Å². The molecule has 1 saturated heterocycles. The van der Waals surface area contributed by atoms with Gasteiger partial charge in [0.25, 0.3) is 0 Å². The second kappa shape index (κ2) is 4.42. The Morgan fingerprint density at radius 3 is 2.77 bits per heavy atom. The summed E-state index contributed by atoms with van der Waals surface area (Å²) in [6.45, 7) is 6.28. The first-order valence-corrected chi connectivity index (χ1v) is 4.60. The zero-order valence-corrected chi connectivity index (χ0v) is 8.37. The lowest BCUT2D eigenvalue weighted by Crippen LogP contribution is -2.13. The average Bonchev–Trinajstić information content (AvgIpc) is 2.80. The van der Waals surface area contributed by atoms with Crippen LogP contribution < -0.4 is 0 Å². The summed E-state index contributed by atoms with van der Waals surface area (Å²) in [6.07, 6.45) is 2.62. The van der Waals surface area contributed by atoms with Gasteiger partial charge in [-0.05, 0) is 27.2 Å². The first kappa shape index (κ1) is 10.3. The van der Waals surface area contributed by atoms with Gasteiger partial charge in [0.1, 0.15) is 0 Å². The van der Waals surface area contributed by atoms with Crippen LogP contribution in [0.3, 0.4) is 0 Å². The second-order valence-electron chi connectivity index (χ2n) is 3.36. The van der Waals surface area contributed by atoms with Crippen LogP contribution in [-0.2, 0) is 14.3 Å². The van der Waals surface area contributed by atoms with Gasteiger partial charge in [-0.3, -0.25) is 0 Å². The van der Waals surface area contributed by atoms with Gasteiger partial charge in [0.05, 0.1) is 12.7 Å². The van der Waals surface area contributed by atoms with Crippen LogP contribution in [0, 0.1) is 0 Å². The maximum Gasteiger partial charge on any atom is 0.338 e. The maximum atomic E-state index is 11.1. The highest BCUT2D eigenvalue weighted by Crippen LogP contribution is 2.27. The molecule has 0 spiro atoms. The summed E-state index contributed by atoms with van der Waals surface area (Å²) in [6, 6.07) is 0. The minimum atomic E-state index is -0.310. The van der Waals surface area contributed by atoms with E-state index in [0.717, 1.165) is 6.42 Å². The summed E-state index contributed by atoms with van der Waals surface area (Å²) in [4.78, 5) is 11.1. The van der Waals surface area contributed by atoms with Crippen LogP contribution in [0.4, 0.5) is 0 Å². The van der Waals surface area contributed by atoms with Crippen LogP contribution >= 0.6 is 0 Å². The van der Waals surface area contributed by atoms with E-state index in [1.54, 1.807) is 6.92 Å². The van der Waals surface area contributed by atoms with Gasteiger partial charge >= 0.3 is 5.97 Å². The second-order valence-corrected chi connectivity index (χ2v) is 3.36. The summed E-state index contributed by atoms with van der Waals surface area (Å²) in [5.41, 5.74) is 1.25. The molecule has 2 unspecified atom stereocenters. The molecule has 1 aliphatic rings. The molecule has 0 aromatic heterocycles. The molecule has 0 bridgehead atoms. The first-order chi connectivity index (χ1) is 6.15. The lowest BCUT2D eigenvalue weighted by atomic mass is 10.2. The van der Waals surface area contributed by atoms with Crippen molar-refractivity contribution in [2.45, 2.75) is 39.4 Å². The van der Waals surface area contributed by atoms with E-state index >= 15 is 0 Å². The molecule has 3 heteroatoms. The van der Waals surface area contributed by atoms with E-state index in [1.807, 2.05) is 13.8 Å². The summed E-state index contributed by atoms with van der Waals surface area (Å²) in [7, 11) is 0. The molecule has 0 N–H and O–H groups in total. The Morgan fingerprint density at radius 2 is 2.23 bits per heavy atom. The number of hydrogen-bond acceptors (Lipinski definition) is 3. The Balaban J connectivity index is 2.22. The standard InChI is InChI=1S/C10H16O3/c1-4-12-10(11)9-8(13-9)6-5-7(2)3/h5,8-9H,4,6H2,1-3H3. The molecule has 0 radical (unpaired) electrons. The Hall–Kier alpha value is -0.830. The first-order valence-electron chi connectivity index (χ1n) is 4.60. The molecule has 1 aliphatic heterocycles. The predicted molar refractivity (Wildman–Crippen MR) is 49.3 cm³/mol. The normalized spacial score (nSPS) is 25.2. The van der Waals surface area contributed by atoms with E-state index < -0.39 is 0 Å². The van der Waals surface area contributed by atoms with E-state index in [1.165, 1.54) is 5.57 Å². The number of hydrogen-bond donors (Lipinski definition) is 0. The predicted octanol–water partition coefficient (Wildman–Crippen LogP) is 1.67. The largest absolute Gasteiger partial charge is 0.464 e. The third-order valence-electron chi connectivity index (χ3n) is 1.86. The van der Waals surface area contributed by atoms with Crippen LogP contribution in [-0.4, -0.2) is 24.8 Å². The molecule has 13 heavy (non-hydrogen) atoms. The van der Waals surface area contributed by atoms with Crippen molar-refractivity contribution >= 4 is 5.97 Å². The minimum Gasteiger partial charge on any atom is -0.464 e. The van der Waals surface area contributed by atoms with Crippen molar-refractivity contribution in [3.8, 4) is 0 Å². The molecule has 0 aromatic rings. The number of esters is 1. The topological polar surface area (TPSA) is 38.8 Å². The smallest absolute Gasteiger partial charge is 0.338 e. The molecule has 0 amide bonds. The fraction of sp³-hybridized carbons (Fsp3) is 0.700. The van der Waals surface area contributed by atoms with Gasteiger partial charge in [-0.25, -0.2) is 4.79 Å². The molecule has 1 fully saturated rings. The van der Waals surface area contributed by atoms with Crippen molar-refractivity contribution in [2.24, 2.45) is 0 Å². The van der Waals surface area contributed by atoms with Crippen LogP contribution in [0.2, 0.25) is 0 Å². The van der Waals surface area contributed by atoms with Gasteiger partial charge in [0.2, 0.25) is 0 Å². The summed E-state index contributed by atoms with van der Waals surface area (Å²) in [5.74, 6) is -0.227. The lowest BCUT2D eigenvalue weighted by molar-refractivity contribution is -0.144. The van der Waals surface area contributed by atoms with E-state index in [-0.39, 0.29) is 18.2 Å². The molecule has 3 nitrogen and oxygen atoms in total.